The number of hydrogen-bond acceptors (Lipinski definition) is 3. The number of benzene rings is 1. The van der Waals surface area contributed by atoms with Crippen molar-refractivity contribution in [3.63, 3.8) is 0 Å². The Hall–Kier alpha value is -1.64. The van der Waals surface area contributed by atoms with Crippen molar-refractivity contribution in [2.45, 2.75) is 33.6 Å². The molecule has 1 aromatic rings. The third kappa shape index (κ3) is 6.51. The van der Waals surface area contributed by atoms with Crippen LogP contribution >= 0.6 is 0 Å². The maximum atomic E-state index is 11.2. The molecule has 1 rings (SSSR count). The fourth-order valence-electron chi connectivity index (χ4n) is 1.22. The molecule has 0 aromatic heterocycles. The fourth-order valence-corrected chi connectivity index (χ4v) is 1.22. The van der Waals surface area contributed by atoms with Crippen molar-refractivity contribution in [3.05, 3.63) is 35.9 Å². The van der Waals surface area contributed by atoms with Gasteiger partial charge in [-0.3, -0.25) is 4.79 Å². The van der Waals surface area contributed by atoms with E-state index in [0.29, 0.717) is 6.42 Å². The SMILES string of the molecule is CC.CCOC(=O)C(=O)CCc1ccccc1. The zero-order valence-corrected chi connectivity index (χ0v) is 10.7. The fraction of sp³-hybridized carbons (Fsp3) is 0.429. The molecule has 0 N–H and O–H groups in total. The second-order valence-corrected chi connectivity index (χ2v) is 3.13. The summed E-state index contributed by atoms with van der Waals surface area (Å²) in [5.74, 6) is -1.19. The highest BCUT2D eigenvalue weighted by molar-refractivity contribution is 6.33. The Kier molecular flexibility index (Phi) is 8.65. The predicted octanol–water partition coefficient (Wildman–Crippen LogP) is 2.78. The van der Waals surface area contributed by atoms with Gasteiger partial charge in [-0.25, -0.2) is 4.79 Å². The van der Waals surface area contributed by atoms with Gasteiger partial charge in [-0.2, -0.15) is 0 Å². The first-order valence-electron chi connectivity index (χ1n) is 5.98. The third-order valence-electron chi connectivity index (χ3n) is 1.99. The molecule has 94 valence electrons. The van der Waals surface area contributed by atoms with Crippen LogP contribution in [0.25, 0.3) is 0 Å². The van der Waals surface area contributed by atoms with Crippen LogP contribution in [0.2, 0.25) is 0 Å². The Morgan fingerprint density at radius 3 is 2.24 bits per heavy atom. The summed E-state index contributed by atoms with van der Waals surface area (Å²) in [6, 6.07) is 9.59. The molecule has 0 bridgehead atoms. The minimum absolute atomic E-state index is 0.211. The molecule has 3 nitrogen and oxygen atoms in total. The second-order valence-electron chi connectivity index (χ2n) is 3.13. The maximum absolute atomic E-state index is 11.2. The zero-order chi connectivity index (χ0) is 13.1. The Labute approximate surface area is 103 Å². The summed E-state index contributed by atoms with van der Waals surface area (Å²) < 4.78 is 4.60. The number of esters is 1. The van der Waals surface area contributed by atoms with Crippen LogP contribution in [-0.2, 0) is 20.7 Å². The number of aryl methyl sites for hydroxylation is 1. The summed E-state index contributed by atoms with van der Waals surface area (Å²) in [4.78, 5) is 22.2. The standard InChI is InChI=1S/C12H14O3.C2H6/c1-2-15-12(14)11(13)9-8-10-6-4-3-5-7-10;1-2/h3-7H,2,8-9H2,1H3;1-2H3. The number of ether oxygens (including phenoxy) is 1. The number of rotatable bonds is 5. The maximum Gasteiger partial charge on any atom is 0.374 e. The molecule has 0 saturated carbocycles. The van der Waals surface area contributed by atoms with E-state index in [2.05, 4.69) is 4.74 Å². The van der Waals surface area contributed by atoms with Crippen molar-refractivity contribution in [1.82, 2.24) is 0 Å². The van der Waals surface area contributed by atoms with Crippen molar-refractivity contribution in [3.8, 4) is 0 Å². The normalized spacial score (nSPS) is 8.88. The largest absolute Gasteiger partial charge is 0.460 e. The van der Waals surface area contributed by atoms with Gasteiger partial charge in [0.15, 0.2) is 0 Å². The molecule has 0 aliphatic carbocycles. The molecular formula is C14H20O3. The van der Waals surface area contributed by atoms with E-state index in [4.69, 9.17) is 0 Å². The van der Waals surface area contributed by atoms with Crippen molar-refractivity contribution in [1.29, 1.82) is 0 Å². The molecule has 1 aromatic carbocycles. The Morgan fingerprint density at radius 2 is 1.71 bits per heavy atom. The number of ketones is 1. The quantitative estimate of drug-likeness (QED) is 0.583. The van der Waals surface area contributed by atoms with Crippen LogP contribution in [-0.4, -0.2) is 18.4 Å². The number of carbonyl (C=O) groups is 2. The summed E-state index contributed by atoms with van der Waals surface area (Å²) >= 11 is 0. The highest BCUT2D eigenvalue weighted by atomic mass is 16.5. The molecule has 3 heteroatoms. The molecule has 0 heterocycles. The number of carbonyl (C=O) groups excluding carboxylic acids is 2. The van der Waals surface area contributed by atoms with Crippen molar-refractivity contribution in [2.24, 2.45) is 0 Å². The first kappa shape index (κ1) is 15.4. The van der Waals surface area contributed by atoms with Crippen molar-refractivity contribution in [2.75, 3.05) is 6.61 Å². The van der Waals surface area contributed by atoms with E-state index in [9.17, 15) is 9.59 Å². The van der Waals surface area contributed by atoms with Gasteiger partial charge in [0.1, 0.15) is 0 Å². The average molecular weight is 236 g/mol. The molecular weight excluding hydrogens is 216 g/mol. The Morgan fingerprint density at radius 1 is 1.12 bits per heavy atom. The Bertz CT molecular complexity index is 331. The highest BCUT2D eigenvalue weighted by Crippen LogP contribution is 2.03. The summed E-state index contributed by atoms with van der Waals surface area (Å²) in [6.45, 7) is 5.93. The van der Waals surface area contributed by atoms with Gasteiger partial charge < -0.3 is 4.74 Å². The van der Waals surface area contributed by atoms with Crippen LogP contribution in [0, 0.1) is 0 Å². The van der Waals surface area contributed by atoms with Gasteiger partial charge in [0.25, 0.3) is 0 Å². The summed E-state index contributed by atoms with van der Waals surface area (Å²) in [5, 5.41) is 0. The topological polar surface area (TPSA) is 43.4 Å². The molecule has 0 aliphatic rings. The van der Waals surface area contributed by atoms with Gasteiger partial charge in [-0.1, -0.05) is 44.2 Å². The van der Waals surface area contributed by atoms with Gasteiger partial charge in [-0.05, 0) is 18.9 Å². The average Bonchev–Trinajstić information content (AvgIpc) is 2.40. The first-order valence-corrected chi connectivity index (χ1v) is 5.98. The molecule has 17 heavy (non-hydrogen) atoms. The van der Waals surface area contributed by atoms with Gasteiger partial charge in [0.2, 0.25) is 5.78 Å². The first-order chi connectivity index (χ1) is 8.24. The molecule has 0 atom stereocenters. The van der Waals surface area contributed by atoms with E-state index in [1.54, 1.807) is 6.92 Å². The molecule has 0 unspecified atom stereocenters. The lowest BCUT2D eigenvalue weighted by molar-refractivity contribution is -0.153. The van der Waals surface area contributed by atoms with Crippen LogP contribution in [0.4, 0.5) is 0 Å². The lowest BCUT2D eigenvalue weighted by Gasteiger charge is -2.01. The second kappa shape index (κ2) is 9.58. The lowest BCUT2D eigenvalue weighted by atomic mass is 10.1. The molecule has 0 aliphatic heterocycles. The minimum atomic E-state index is -0.728. The van der Waals surface area contributed by atoms with E-state index < -0.39 is 11.8 Å². The summed E-state index contributed by atoms with van der Waals surface area (Å²) in [6.07, 6.45) is 0.793. The van der Waals surface area contributed by atoms with Crippen LogP contribution in [0.1, 0.15) is 32.8 Å². The molecule has 0 saturated heterocycles. The molecule has 0 radical (unpaired) electrons. The van der Waals surface area contributed by atoms with E-state index >= 15 is 0 Å². The minimum Gasteiger partial charge on any atom is -0.460 e. The zero-order valence-electron chi connectivity index (χ0n) is 10.7. The van der Waals surface area contributed by atoms with Crippen molar-refractivity contribution >= 4 is 11.8 Å². The molecule has 0 spiro atoms. The summed E-state index contributed by atoms with van der Waals surface area (Å²) in [5.41, 5.74) is 1.05. The van der Waals surface area contributed by atoms with Crippen LogP contribution in [0.5, 0.6) is 0 Å². The number of hydrogen-bond donors (Lipinski definition) is 0. The van der Waals surface area contributed by atoms with Crippen LogP contribution in [0.15, 0.2) is 30.3 Å². The van der Waals surface area contributed by atoms with Gasteiger partial charge in [0, 0.05) is 6.42 Å². The highest BCUT2D eigenvalue weighted by Gasteiger charge is 2.13. The van der Waals surface area contributed by atoms with E-state index in [1.807, 2.05) is 44.2 Å². The molecule has 0 amide bonds. The van der Waals surface area contributed by atoms with Crippen LogP contribution in [0.3, 0.4) is 0 Å². The smallest absolute Gasteiger partial charge is 0.374 e. The summed E-state index contributed by atoms with van der Waals surface area (Å²) in [7, 11) is 0. The van der Waals surface area contributed by atoms with Crippen LogP contribution < -0.4 is 0 Å². The van der Waals surface area contributed by atoms with E-state index in [-0.39, 0.29) is 13.0 Å². The lowest BCUT2D eigenvalue weighted by Crippen LogP contribution is -2.17. The van der Waals surface area contributed by atoms with E-state index in [1.165, 1.54) is 0 Å². The van der Waals surface area contributed by atoms with Gasteiger partial charge in [0.05, 0.1) is 6.61 Å². The third-order valence-corrected chi connectivity index (χ3v) is 1.99. The van der Waals surface area contributed by atoms with Gasteiger partial charge >= 0.3 is 5.97 Å². The predicted molar refractivity (Wildman–Crippen MR) is 67.8 cm³/mol. The molecule has 0 fully saturated rings. The van der Waals surface area contributed by atoms with Crippen molar-refractivity contribution < 1.29 is 14.3 Å². The Balaban J connectivity index is 0.00000121. The monoisotopic (exact) mass is 236 g/mol. The van der Waals surface area contributed by atoms with Gasteiger partial charge in [-0.15, -0.1) is 0 Å². The van der Waals surface area contributed by atoms with E-state index in [0.717, 1.165) is 5.56 Å². The number of Topliss-reactive ketones (excluding diaryl/α,β-unsaturated/α-hetero) is 1.